The van der Waals surface area contributed by atoms with E-state index in [0.717, 1.165) is 38.2 Å². The van der Waals surface area contributed by atoms with Crippen molar-refractivity contribution in [1.82, 2.24) is 10.6 Å². The quantitative estimate of drug-likeness (QED) is 0.109. The molecule has 0 aliphatic heterocycles. The predicted octanol–water partition coefficient (Wildman–Crippen LogP) is 10.7. The van der Waals surface area contributed by atoms with Gasteiger partial charge in [-0.05, 0) is 144 Å². The van der Waals surface area contributed by atoms with Crippen LogP contribution in [-0.4, -0.2) is 29.7 Å². The number of benzene rings is 6. The molecule has 0 spiro atoms. The molecule has 0 bridgehead atoms. The Bertz CT molecular complexity index is 2360. The Balaban J connectivity index is 0.978. The SMILES string of the molecule is Cc1cc(O)ccc1Oc1ccc2cc(C(C)NC(=O)CCC(=O)NC(C)c3ccc4cc(Oc5ccc(OCC(F)(F)F)cc5C)ccc4c3)ccc2c1. The molecule has 8 nitrogen and oxygen atoms in total. The number of hydrogen-bond donors (Lipinski definition) is 3. The number of phenols is 1. The van der Waals surface area contributed by atoms with Crippen molar-refractivity contribution >= 4 is 33.4 Å². The van der Waals surface area contributed by atoms with Crippen LogP contribution < -0.4 is 24.8 Å². The minimum absolute atomic E-state index is 0.0347. The second-order valence-corrected chi connectivity index (χ2v) is 13.6. The number of fused-ring (bicyclic) bond motifs is 2. The highest BCUT2D eigenvalue weighted by atomic mass is 19.4. The lowest BCUT2D eigenvalue weighted by Gasteiger charge is -2.17. The molecule has 0 heterocycles. The summed E-state index contributed by atoms with van der Waals surface area (Å²) >= 11 is 0. The second-order valence-electron chi connectivity index (χ2n) is 13.6. The maximum Gasteiger partial charge on any atom is 0.422 e. The molecule has 6 rings (SSSR count). The molecular formula is C44H41F3N2O6. The van der Waals surface area contributed by atoms with Crippen LogP contribution in [0.15, 0.2) is 109 Å². The van der Waals surface area contributed by atoms with Crippen molar-refractivity contribution in [3.63, 3.8) is 0 Å². The molecule has 6 aromatic carbocycles. The van der Waals surface area contributed by atoms with Gasteiger partial charge in [-0.2, -0.15) is 13.2 Å². The molecule has 0 aliphatic rings. The van der Waals surface area contributed by atoms with Crippen LogP contribution in [0.4, 0.5) is 13.2 Å². The number of alkyl halides is 3. The van der Waals surface area contributed by atoms with Gasteiger partial charge in [0.25, 0.3) is 0 Å². The Morgan fingerprint density at radius 1 is 0.600 bits per heavy atom. The summed E-state index contributed by atoms with van der Waals surface area (Å²) in [5.74, 6) is 2.21. The van der Waals surface area contributed by atoms with Gasteiger partial charge in [0.05, 0.1) is 12.1 Å². The van der Waals surface area contributed by atoms with E-state index in [-0.39, 0.29) is 48.2 Å². The number of rotatable bonds is 13. The fourth-order valence-corrected chi connectivity index (χ4v) is 6.16. The number of nitrogens with one attached hydrogen (secondary N) is 2. The van der Waals surface area contributed by atoms with Gasteiger partial charge in [-0.3, -0.25) is 9.59 Å². The molecule has 0 saturated heterocycles. The van der Waals surface area contributed by atoms with Crippen LogP contribution in [0, 0.1) is 13.8 Å². The number of hydrogen-bond acceptors (Lipinski definition) is 6. The van der Waals surface area contributed by atoms with Crippen molar-refractivity contribution in [1.29, 1.82) is 0 Å². The van der Waals surface area contributed by atoms with Crippen molar-refractivity contribution in [3.05, 3.63) is 131 Å². The van der Waals surface area contributed by atoms with Crippen molar-refractivity contribution in [3.8, 4) is 34.5 Å². The number of phenolic OH excluding ortho intramolecular Hbond substituents is 1. The first-order valence-corrected chi connectivity index (χ1v) is 17.8. The van der Waals surface area contributed by atoms with E-state index in [9.17, 15) is 27.9 Å². The fourth-order valence-electron chi connectivity index (χ4n) is 6.16. The lowest BCUT2D eigenvalue weighted by Crippen LogP contribution is -2.30. The van der Waals surface area contributed by atoms with Crippen LogP contribution in [0.5, 0.6) is 34.5 Å². The van der Waals surface area contributed by atoms with E-state index in [1.54, 1.807) is 37.3 Å². The predicted molar refractivity (Wildman–Crippen MR) is 206 cm³/mol. The summed E-state index contributed by atoms with van der Waals surface area (Å²) in [6.07, 6.45) is -4.35. The van der Waals surface area contributed by atoms with Crippen molar-refractivity contribution in [2.75, 3.05) is 6.61 Å². The summed E-state index contributed by atoms with van der Waals surface area (Å²) in [6.45, 7) is 6.02. The Labute approximate surface area is 316 Å². The van der Waals surface area contributed by atoms with Crippen molar-refractivity contribution in [2.24, 2.45) is 0 Å². The lowest BCUT2D eigenvalue weighted by atomic mass is 10.0. The summed E-state index contributed by atoms with van der Waals surface area (Å²) in [6, 6.07) is 32.0. The van der Waals surface area contributed by atoms with Crippen molar-refractivity contribution < 1.29 is 42.1 Å². The number of amides is 2. The molecule has 2 unspecified atom stereocenters. The van der Waals surface area contributed by atoms with Gasteiger partial charge in [-0.15, -0.1) is 0 Å². The molecule has 6 aromatic rings. The van der Waals surface area contributed by atoms with Gasteiger partial charge >= 0.3 is 6.18 Å². The second kappa shape index (κ2) is 16.4. The third-order valence-electron chi connectivity index (χ3n) is 9.17. The third-order valence-corrected chi connectivity index (χ3v) is 9.17. The number of ether oxygens (including phenoxy) is 3. The average Bonchev–Trinajstić information content (AvgIpc) is 3.14. The summed E-state index contributed by atoms with van der Waals surface area (Å²) in [5, 5.41) is 19.4. The van der Waals surface area contributed by atoms with Crippen molar-refractivity contribution in [2.45, 2.75) is 58.8 Å². The summed E-state index contributed by atoms with van der Waals surface area (Å²) in [4.78, 5) is 25.7. The zero-order chi connectivity index (χ0) is 39.3. The molecule has 284 valence electrons. The first kappa shape index (κ1) is 38.5. The number of aryl methyl sites for hydroxylation is 2. The normalized spacial score (nSPS) is 12.6. The molecule has 11 heteroatoms. The van der Waals surface area contributed by atoms with E-state index in [1.165, 1.54) is 12.1 Å². The lowest BCUT2D eigenvalue weighted by molar-refractivity contribution is -0.153. The van der Waals surface area contributed by atoms with Crippen LogP contribution in [0.1, 0.15) is 61.0 Å². The van der Waals surface area contributed by atoms with E-state index in [2.05, 4.69) is 10.6 Å². The van der Waals surface area contributed by atoms with Crippen LogP contribution in [0.25, 0.3) is 21.5 Å². The molecule has 3 N–H and O–H groups in total. The van der Waals surface area contributed by atoms with Gasteiger partial charge in [0.2, 0.25) is 11.8 Å². The Morgan fingerprint density at radius 2 is 1.04 bits per heavy atom. The smallest absolute Gasteiger partial charge is 0.422 e. The molecular weight excluding hydrogens is 709 g/mol. The van der Waals surface area contributed by atoms with Crippen LogP contribution >= 0.6 is 0 Å². The van der Waals surface area contributed by atoms with E-state index in [1.807, 2.05) is 87.5 Å². The molecule has 2 amide bonds. The third kappa shape index (κ3) is 10.3. The summed E-state index contributed by atoms with van der Waals surface area (Å²) in [7, 11) is 0. The van der Waals surface area contributed by atoms with E-state index in [4.69, 9.17) is 14.2 Å². The fraction of sp³-hybridized carbons (Fsp3) is 0.227. The number of carbonyl (C=O) groups excluding carboxylic acids is 2. The molecule has 0 saturated carbocycles. The van der Waals surface area contributed by atoms with Gasteiger partial charge in [0.15, 0.2) is 6.61 Å². The minimum atomic E-state index is -4.42. The standard InChI is InChI=1S/C44H41F3N2O6/c1-26-19-36(50)11-15-40(26)54-38-12-9-32-21-30(5-7-34(32)23-38)28(3)48-42(51)17-18-43(52)49-29(4)31-6-8-35-24-39(13-10-33(35)22-31)55-41-16-14-37(20-27(41)2)53-25-44(45,46)47/h5-16,19-24,28-29,50H,17-18,25H2,1-4H3,(H,48,51)(H,49,52). The maximum atomic E-state index is 12.8. The van der Waals surface area contributed by atoms with E-state index < -0.39 is 12.8 Å². The highest BCUT2D eigenvalue weighted by molar-refractivity contribution is 5.87. The number of aromatic hydroxyl groups is 1. The molecule has 0 radical (unpaired) electrons. The average molecular weight is 751 g/mol. The van der Waals surface area contributed by atoms with Gasteiger partial charge in [-0.1, -0.05) is 36.4 Å². The summed E-state index contributed by atoms with van der Waals surface area (Å²) < 4.78 is 54.3. The topological polar surface area (TPSA) is 106 Å². The molecule has 55 heavy (non-hydrogen) atoms. The number of halogens is 3. The van der Waals surface area contributed by atoms with E-state index >= 15 is 0 Å². The Morgan fingerprint density at radius 3 is 1.51 bits per heavy atom. The highest BCUT2D eigenvalue weighted by Crippen LogP contribution is 2.33. The minimum Gasteiger partial charge on any atom is -0.508 e. The van der Waals surface area contributed by atoms with Gasteiger partial charge in [0.1, 0.15) is 34.5 Å². The van der Waals surface area contributed by atoms with Gasteiger partial charge in [0, 0.05) is 12.8 Å². The highest BCUT2D eigenvalue weighted by Gasteiger charge is 2.28. The molecule has 0 aliphatic carbocycles. The van der Waals surface area contributed by atoms with Crippen LogP contribution in [0.3, 0.4) is 0 Å². The molecule has 2 atom stereocenters. The van der Waals surface area contributed by atoms with Gasteiger partial charge in [-0.25, -0.2) is 0 Å². The van der Waals surface area contributed by atoms with Crippen LogP contribution in [0.2, 0.25) is 0 Å². The monoisotopic (exact) mass is 750 g/mol. The summed E-state index contributed by atoms with van der Waals surface area (Å²) in [5.41, 5.74) is 3.27. The zero-order valence-electron chi connectivity index (χ0n) is 30.8. The molecule has 0 aromatic heterocycles. The van der Waals surface area contributed by atoms with E-state index in [0.29, 0.717) is 28.6 Å². The maximum absolute atomic E-state index is 12.8. The van der Waals surface area contributed by atoms with Crippen LogP contribution in [-0.2, 0) is 9.59 Å². The zero-order valence-corrected chi connectivity index (χ0v) is 30.8. The Kier molecular flexibility index (Phi) is 11.5. The largest absolute Gasteiger partial charge is 0.508 e. The first-order chi connectivity index (χ1) is 26.2. The molecule has 0 fully saturated rings. The first-order valence-electron chi connectivity index (χ1n) is 17.8. The van der Waals surface area contributed by atoms with Gasteiger partial charge < -0.3 is 30.0 Å². The number of carbonyl (C=O) groups is 2. The Hall–Kier alpha value is -6.23.